The van der Waals surface area contributed by atoms with Crippen molar-refractivity contribution in [2.24, 2.45) is 11.8 Å². The first-order chi connectivity index (χ1) is 15.7. The van der Waals surface area contributed by atoms with Gasteiger partial charge in [0, 0.05) is 5.56 Å². The first kappa shape index (κ1) is 27.5. The van der Waals surface area contributed by atoms with E-state index in [4.69, 9.17) is 9.47 Å². The van der Waals surface area contributed by atoms with E-state index in [9.17, 15) is 14.4 Å². The molecule has 1 saturated heterocycles. The second-order valence-electron chi connectivity index (χ2n) is 9.21. The molecule has 0 spiro atoms. The molecule has 0 aromatic heterocycles. The highest BCUT2D eigenvalue weighted by Crippen LogP contribution is 2.25. The van der Waals surface area contributed by atoms with Crippen molar-refractivity contribution >= 4 is 34.8 Å². The van der Waals surface area contributed by atoms with Gasteiger partial charge >= 0.3 is 12.1 Å². The molecule has 1 aliphatic rings. The van der Waals surface area contributed by atoms with Gasteiger partial charge in [0.05, 0.1) is 5.92 Å². The smallest absolute Gasteiger partial charge is 0.408 e. The van der Waals surface area contributed by atoms with Gasteiger partial charge in [0.1, 0.15) is 12.2 Å². The molecule has 2 aromatic rings. The summed E-state index contributed by atoms with van der Waals surface area (Å²) in [6.45, 7) is 6.70. The Morgan fingerprint density at radius 2 is 1.65 bits per heavy atom. The number of Topliss-reactive ketones (excluding diaryl/α,β-unsaturated/α-hetero) is 1. The topological polar surface area (TPSA) is 93.7 Å². The molecule has 0 radical (unpaired) electrons. The molecule has 34 heavy (non-hydrogen) atoms. The Morgan fingerprint density at radius 1 is 1.03 bits per heavy atom. The molecular weight excluding hydrogens is 500 g/mol. The molecule has 1 heterocycles. The van der Waals surface area contributed by atoms with E-state index in [0.717, 1.165) is 13.0 Å². The van der Waals surface area contributed by atoms with E-state index in [2.05, 4.69) is 10.6 Å². The predicted molar refractivity (Wildman–Crippen MR) is 135 cm³/mol. The maximum atomic E-state index is 13.2. The number of carbonyl (C=O) groups is 3. The van der Waals surface area contributed by atoms with E-state index in [1.807, 2.05) is 24.3 Å². The molecule has 0 bridgehead atoms. The normalized spacial score (nSPS) is 17.1. The van der Waals surface area contributed by atoms with Crippen molar-refractivity contribution in [1.82, 2.24) is 10.6 Å². The highest BCUT2D eigenvalue weighted by molar-refractivity contribution is 8.93. The number of rotatable bonds is 8. The van der Waals surface area contributed by atoms with Gasteiger partial charge in [-0.2, -0.15) is 0 Å². The lowest BCUT2D eigenvalue weighted by molar-refractivity contribution is -0.147. The van der Waals surface area contributed by atoms with Gasteiger partial charge in [-0.25, -0.2) is 9.59 Å². The highest BCUT2D eigenvalue weighted by Gasteiger charge is 2.34. The van der Waals surface area contributed by atoms with Crippen LogP contribution in [-0.4, -0.2) is 43.1 Å². The molecule has 8 heteroatoms. The van der Waals surface area contributed by atoms with Crippen LogP contribution in [0.15, 0.2) is 60.7 Å². The zero-order valence-electron chi connectivity index (χ0n) is 19.8. The van der Waals surface area contributed by atoms with Crippen LogP contribution in [0.2, 0.25) is 0 Å². The molecule has 7 nitrogen and oxygen atoms in total. The lowest BCUT2D eigenvalue weighted by atomic mass is 9.85. The highest BCUT2D eigenvalue weighted by atomic mass is 79.9. The molecule has 2 N–H and O–H groups in total. The number of carbonyl (C=O) groups excluding carboxylic acids is 3. The Balaban J connectivity index is 0.00000408. The lowest BCUT2D eigenvalue weighted by Crippen LogP contribution is -2.40. The van der Waals surface area contributed by atoms with Crippen molar-refractivity contribution < 1.29 is 23.9 Å². The number of halogens is 1. The van der Waals surface area contributed by atoms with Crippen LogP contribution in [0.25, 0.3) is 0 Å². The minimum Gasteiger partial charge on any atom is -0.463 e. The average Bonchev–Trinajstić information content (AvgIpc) is 3.32. The number of ketones is 1. The van der Waals surface area contributed by atoms with Crippen LogP contribution in [0.3, 0.4) is 0 Å². The minimum atomic E-state index is -1.05. The third-order valence-corrected chi connectivity index (χ3v) is 5.50. The average molecular weight is 533 g/mol. The van der Waals surface area contributed by atoms with Gasteiger partial charge in [-0.1, -0.05) is 60.7 Å². The van der Waals surface area contributed by atoms with Crippen molar-refractivity contribution in [2.45, 2.75) is 38.8 Å². The molecule has 0 saturated carbocycles. The van der Waals surface area contributed by atoms with Gasteiger partial charge in [-0.15, -0.1) is 17.0 Å². The summed E-state index contributed by atoms with van der Waals surface area (Å²) >= 11 is 0. The number of amides is 1. The van der Waals surface area contributed by atoms with Crippen molar-refractivity contribution in [3.05, 3.63) is 71.8 Å². The number of hydrogen-bond donors (Lipinski definition) is 2. The first-order valence-corrected chi connectivity index (χ1v) is 11.3. The summed E-state index contributed by atoms with van der Waals surface area (Å²) in [6.07, 6.45) is 0.115. The van der Waals surface area contributed by atoms with Crippen molar-refractivity contribution in [2.75, 3.05) is 19.7 Å². The molecule has 0 aliphatic carbocycles. The van der Waals surface area contributed by atoms with Crippen LogP contribution in [0.5, 0.6) is 0 Å². The maximum absolute atomic E-state index is 13.2. The fraction of sp³-hybridized carbons (Fsp3) is 0.423. The zero-order valence-corrected chi connectivity index (χ0v) is 21.5. The summed E-state index contributed by atoms with van der Waals surface area (Å²) in [7, 11) is 0. The van der Waals surface area contributed by atoms with E-state index in [0.29, 0.717) is 17.7 Å². The summed E-state index contributed by atoms with van der Waals surface area (Å²) < 4.78 is 11.0. The van der Waals surface area contributed by atoms with E-state index in [-0.39, 0.29) is 35.3 Å². The van der Waals surface area contributed by atoms with Gasteiger partial charge in [-0.3, -0.25) is 4.79 Å². The van der Waals surface area contributed by atoms with Crippen LogP contribution < -0.4 is 10.6 Å². The molecule has 2 unspecified atom stereocenters. The zero-order chi connectivity index (χ0) is 23.8. The third-order valence-electron chi connectivity index (χ3n) is 5.50. The Hall–Kier alpha value is -2.71. The number of benzene rings is 2. The lowest BCUT2D eigenvalue weighted by Gasteiger charge is -2.25. The van der Waals surface area contributed by atoms with Crippen LogP contribution in [0.4, 0.5) is 4.79 Å². The SMILES string of the molecule is Br.CC(C)(C)OC(=O)NC(C(=O)OCC(C(=O)c1ccccc1)[C@H]1CCNC1)c1ccccc1. The molecule has 1 amide bonds. The van der Waals surface area contributed by atoms with Gasteiger partial charge < -0.3 is 20.1 Å². The summed E-state index contributed by atoms with van der Waals surface area (Å²) in [5.41, 5.74) is 0.455. The third kappa shape index (κ3) is 7.95. The minimum absolute atomic E-state index is 0. The van der Waals surface area contributed by atoms with Crippen molar-refractivity contribution in [1.29, 1.82) is 0 Å². The maximum Gasteiger partial charge on any atom is 0.408 e. The molecule has 184 valence electrons. The summed E-state index contributed by atoms with van der Waals surface area (Å²) in [5, 5.41) is 5.89. The monoisotopic (exact) mass is 532 g/mol. The largest absolute Gasteiger partial charge is 0.463 e. The van der Waals surface area contributed by atoms with Crippen LogP contribution in [0.1, 0.15) is 49.2 Å². The molecule has 3 atom stereocenters. The summed E-state index contributed by atoms with van der Waals surface area (Å²) in [5.74, 6) is -1.08. The van der Waals surface area contributed by atoms with Gasteiger partial charge in [0.15, 0.2) is 11.8 Å². The van der Waals surface area contributed by atoms with Gasteiger partial charge in [-0.05, 0) is 51.8 Å². The number of ether oxygens (including phenoxy) is 2. The predicted octanol–water partition coefficient (Wildman–Crippen LogP) is 4.48. The van der Waals surface area contributed by atoms with Crippen molar-refractivity contribution in [3.63, 3.8) is 0 Å². The molecule has 2 aromatic carbocycles. The summed E-state index contributed by atoms with van der Waals surface area (Å²) in [6, 6.07) is 16.8. The quantitative estimate of drug-likeness (QED) is 0.384. The molecular formula is C26H33BrN2O5. The molecule has 1 fully saturated rings. The Bertz CT molecular complexity index is 941. The fourth-order valence-corrected chi connectivity index (χ4v) is 3.87. The van der Waals surface area contributed by atoms with E-state index < -0.39 is 29.6 Å². The second kappa shape index (κ2) is 12.7. The second-order valence-corrected chi connectivity index (χ2v) is 9.21. The number of esters is 1. The Kier molecular flexibility index (Phi) is 10.3. The van der Waals surface area contributed by atoms with E-state index >= 15 is 0 Å². The van der Waals surface area contributed by atoms with Gasteiger partial charge in [0.25, 0.3) is 0 Å². The van der Waals surface area contributed by atoms with E-state index in [1.165, 1.54) is 0 Å². The standard InChI is InChI=1S/C26H32N2O5.BrH/c1-26(2,3)33-25(31)28-22(18-10-6-4-7-11-18)24(30)32-17-21(20-14-15-27-16-20)23(29)19-12-8-5-9-13-19;/h4-13,20-22,27H,14-17H2,1-3H3,(H,28,31);1H/t20-,21?,22?;/m0./s1. The number of nitrogens with one attached hydrogen (secondary N) is 2. The number of hydrogen-bond acceptors (Lipinski definition) is 6. The first-order valence-electron chi connectivity index (χ1n) is 11.3. The summed E-state index contributed by atoms with van der Waals surface area (Å²) in [4.78, 5) is 38.7. The molecule has 1 aliphatic heterocycles. The van der Waals surface area contributed by atoms with E-state index in [1.54, 1.807) is 57.2 Å². The Labute approximate surface area is 211 Å². The fourth-order valence-electron chi connectivity index (χ4n) is 3.87. The van der Waals surface area contributed by atoms with Crippen LogP contribution in [-0.2, 0) is 14.3 Å². The number of alkyl carbamates (subject to hydrolysis) is 1. The molecule has 3 rings (SSSR count). The Morgan fingerprint density at radius 3 is 2.21 bits per heavy atom. The van der Waals surface area contributed by atoms with Crippen molar-refractivity contribution in [3.8, 4) is 0 Å². The van der Waals surface area contributed by atoms with Crippen LogP contribution in [0, 0.1) is 11.8 Å². The van der Waals surface area contributed by atoms with Gasteiger partial charge in [0.2, 0.25) is 0 Å². The van der Waals surface area contributed by atoms with Crippen LogP contribution >= 0.6 is 17.0 Å².